The lowest BCUT2D eigenvalue weighted by molar-refractivity contribution is 0.0993. The van der Waals surface area contributed by atoms with E-state index in [1.807, 2.05) is 6.07 Å². The Morgan fingerprint density at radius 1 is 1.00 bits per heavy atom. The van der Waals surface area contributed by atoms with Crippen LogP contribution in [-0.4, -0.2) is 23.2 Å². The molecule has 0 atom stereocenters. The largest absolute Gasteiger partial charge is 0.508 e. The minimum absolute atomic E-state index is 0.118. The maximum atomic E-state index is 12.6. The fraction of sp³-hybridized carbons (Fsp3) is 0.0556. The zero-order valence-electron chi connectivity index (χ0n) is 12.4. The van der Waals surface area contributed by atoms with Crippen molar-refractivity contribution in [2.24, 2.45) is 0 Å². The molecule has 23 heavy (non-hydrogen) atoms. The van der Waals surface area contributed by atoms with Gasteiger partial charge in [-0.05, 0) is 35.9 Å². The number of phenols is 2. The van der Waals surface area contributed by atoms with Crippen molar-refractivity contribution < 1.29 is 15.0 Å². The highest BCUT2D eigenvalue weighted by Gasteiger charge is 2.16. The average molecular weight is 325 g/mol. The topological polar surface area (TPSA) is 60.8 Å². The lowest BCUT2D eigenvalue weighted by atomic mass is 10.1. The number of hydrogen-bond acceptors (Lipinski definition) is 4. The SMILES string of the molecule is CN(C(=O)c1csc(-c2cccc(O)c2)c1)c1cccc(O)c1. The van der Waals surface area contributed by atoms with Gasteiger partial charge in [0.05, 0.1) is 5.56 Å². The molecule has 5 heteroatoms. The summed E-state index contributed by atoms with van der Waals surface area (Å²) in [6.07, 6.45) is 0. The van der Waals surface area contributed by atoms with E-state index in [0.29, 0.717) is 11.3 Å². The first kappa shape index (κ1) is 15.1. The zero-order chi connectivity index (χ0) is 16.4. The summed E-state index contributed by atoms with van der Waals surface area (Å²) in [4.78, 5) is 15.0. The highest BCUT2D eigenvalue weighted by molar-refractivity contribution is 7.13. The van der Waals surface area contributed by atoms with E-state index in [1.54, 1.807) is 61.0 Å². The van der Waals surface area contributed by atoms with Gasteiger partial charge in [0, 0.05) is 29.1 Å². The predicted molar refractivity (Wildman–Crippen MR) is 92.3 cm³/mol. The number of amides is 1. The van der Waals surface area contributed by atoms with Crippen molar-refractivity contribution in [1.29, 1.82) is 0 Å². The number of nitrogens with zero attached hydrogens (tertiary/aromatic N) is 1. The number of thiophene rings is 1. The second-order valence-corrected chi connectivity index (χ2v) is 6.05. The Morgan fingerprint density at radius 3 is 2.39 bits per heavy atom. The minimum atomic E-state index is -0.154. The van der Waals surface area contributed by atoms with Gasteiger partial charge in [0.1, 0.15) is 11.5 Å². The summed E-state index contributed by atoms with van der Waals surface area (Å²) < 4.78 is 0. The van der Waals surface area contributed by atoms with Gasteiger partial charge in [-0.25, -0.2) is 0 Å². The first-order valence-electron chi connectivity index (χ1n) is 6.99. The average Bonchev–Trinajstić information content (AvgIpc) is 3.03. The van der Waals surface area contributed by atoms with E-state index in [4.69, 9.17) is 0 Å². The maximum Gasteiger partial charge on any atom is 0.258 e. The molecule has 2 aromatic carbocycles. The smallest absolute Gasteiger partial charge is 0.258 e. The molecular weight excluding hydrogens is 310 g/mol. The molecule has 0 fully saturated rings. The molecule has 0 bridgehead atoms. The molecule has 1 heterocycles. The first-order chi connectivity index (χ1) is 11.0. The van der Waals surface area contributed by atoms with Crippen LogP contribution in [0.4, 0.5) is 5.69 Å². The van der Waals surface area contributed by atoms with Gasteiger partial charge in [-0.15, -0.1) is 11.3 Å². The van der Waals surface area contributed by atoms with Gasteiger partial charge in [-0.1, -0.05) is 18.2 Å². The van der Waals surface area contributed by atoms with E-state index in [1.165, 1.54) is 16.2 Å². The van der Waals surface area contributed by atoms with E-state index in [0.717, 1.165) is 10.4 Å². The van der Waals surface area contributed by atoms with Crippen LogP contribution in [0.5, 0.6) is 11.5 Å². The van der Waals surface area contributed by atoms with Crippen molar-refractivity contribution in [2.45, 2.75) is 0 Å². The number of hydrogen-bond donors (Lipinski definition) is 2. The van der Waals surface area contributed by atoms with Crippen LogP contribution in [0, 0.1) is 0 Å². The Morgan fingerprint density at radius 2 is 1.70 bits per heavy atom. The summed E-state index contributed by atoms with van der Waals surface area (Å²) in [5.41, 5.74) is 2.06. The molecular formula is C18H15NO3S. The van der Waals surface area contributed by atoms with Crippen LogP contribution in [0.25, 0.3) is 10.4 Å². The Labute approximate surface area is 137 Å². The minimum Gasteiger partial charge on any atom is -0.508 e. The summed E-state index contributed by atoms with van der Waals surface area (Å²) >= 11 is 1.45. The van der Waals surface area contributed by atoms with Crippen molar-refractivity contribution >= 4 is 22.9 Å². The van der Waals surface area contributed by atoms with Gasteiger partial charge >= 0.3 is 0 Å². The number of carbonyl (C=O) groups is 1. The van der Waals surface area contributed by atoms with Gasteiger partial charge in [0.2, 0.25) is 0 Å². The molecule has 3 aromatic rings. The van der Waals surface area contributed by atoms with Crippen molar-refractivity contribution in [1.82, 2.24) is 0 Å². The van der Waals surface area contributed by atoms with Crippen LogP contribution in [0.3, 0.4) is 0 Å². The Balaban J connectivity index is 1.86. The number of phenolic OH excluding ortho intramolecular Hbond substituents is 2. The van der Waals surface area contributed by atoms with Gasteiger partial charge in [0.25, 0.3) is 5.91 Å². The van der Waals surface area contributed by atoms with E-state index in [9.17, 15) is 15.0 Å². The Bertz CT molecular complexity index is 857. The van der Waals surface area contributed by atoms with Crippen LogP contribution < -0.4 is 4.90 Å². The molecule has 0 aliphatic carbocycles. The molecule has 116 valence electrons. The monoisotopic (exact) mass is 325 g/mol. The molecule has 0 saturated carbocycles. The van der Waals surface area contributed by atoms with Gasteiger partial charge < -0.3 is 15.1 Å². The summed E-state index contributed by atoms with van der Waals surface area (Å²) in [7, 11) is 1.67. The van der Waals surface area contributed by atoms with Gasteiger partial charge in [0.15, 0.2) is 0 Å². The zero-order valence-corrected chi connectivity index (χ0v) is 13.2. The first-order valence-corrected chi connectivity index (χ1v) is 7.87. The molecule has 0 aliphatic heterocycles. The summed E-state index contributed by atoms with van der Waals surface area (Å²) in [6.45, 7) is 0. The van der Waals surface area contributed by atoms with E-state index >= 15 is 0 Å². The van der Waals surface area contributed by atoms with Crippen molar-refractivity contribution in [3.05, 3.63) is 65.5 Å². The summed E-state index contributed by atoms with van der Waals surface area (Å²) in [6, 6.07) is 15.3. The fourth-order valence-electron chi connectivity index (χ4n) is 2.27. The van der Waals surface area contributed by atoms with Crippen LogP contribution in [0.15, 0.2) is 60.0 Å². The van der Waals surface area contributed by atoms with E-state index < -0.39 is 0 Å². The van der Waals surface area contributed by atoms with Crippen LogP contribution in [0.1, 0.15) is 10.4 Å². The summed E-state index contributed by atoms with van der Waals surface area (Å²) in [5, 5.41) is 20.9. The number of benzene rings is 2. The quantitative estimate of drug-likeness (QED) is 0.762. The van der Waals surface area contributed by atoms with Crippen molar-refractivity contribution in [2.75, 3.05) is 11.9 Å². The number of carbonyl (C=O) groups excluding carboxylic acids is 1. The second-order valence-electron chi connectivity index (χ2n) is 5.13. The molecule has 4 nitrogen and oxygen atoms in total. The van der Waals surface area contributed by atoms with Gasteiger partial charge in [-0.3, -0.25) is 4.79 Å². The lowest BCUT2D eigenvalue weighted by Crippen LogP contribution is -2.25. The maximum absolute atomic E-state index is 12.6. The predicted octanol–water partition coefficient (Wildman–Crippen LogP) is 4.10. The highest BCUT2D eigenvalue weighted by Crippen LogP contribution is 2.30. The van der Waals surface area contributed by atoms with Crippen molar-refractivity contribution in [3.8, 4) is 21.9 Å². The molecule has 0 spiro atoms. The molecule has 2 N–H and O–H groups in total. The third-order valence-electron chi connectivity index (χ3n) is 3.50. The molecule has 3 rings (SSSR count). The van der Waals surface area contributed by atoms with Gasteiger partial charge in [-0.2, -0.15) is 0 Å². The lowest BCUT2D eigenvalue weighted by Gasteiger charge is -2.16. The number of anilines is 1. The summed E-state index contributed by atoms with van der Waals surface area (Å²) in [5.74, 6) is 0.159. The molecule has 0 radical (unpaired) electrons. The highest BCUT2D eigenvalue weighted by atomic mass is 32.1. The molecule has 1 aromatic heterocycles. The van der Waals surface area contributed by atoms with Crippen LogP contribution in [0.2, 0.25) is 0 Å². The van der Waals surface area contributed by atoms with E-state index in [-0.39, 0.29) is 17.4 Å². The third kappa shape index (κ3) is 3.19. The number of rotatable bonds is 3. The third-order valence-corrected chi connectivity index (χ3v) is 4.48. The number of aromatic hydroxyl groups is 2. The Hall–Kier alpha value is -2.79. The molecule has 0 saturated heterocycles. The van der Waals surface area contributed by atoms with E-state index in [2.05, 4.69) is 0 Å². The second kappa shape index (κ2) is 6.14. The van der Waals surface area contributed by atoms with Crippen LogP contribution >= 0.6 is 11.3 Å². The molecule has 0 aliphatic rings. The van der Waals surface area contributed by atoms with Crippen LogP contribution in [-0.2, 0) is 0 Å². The Kier molecular flexibility index (Phi) is 4.04. The normalized spacial score (nSPS) is 10.5. The van der Waals surface area contributed by atoms with Crippen molar-refractivity contribution in [3.63, 3.8) is 0 Å². The molecule has 0 unspecified atom stereocenters. The molecule has 1 amide bonds. The standard InChI is InChI=1S/C18H15NO3S/c1-19(14-5-3-7-16(21)10-14)18(22)13-9-17(23-11-13)12-4-2-6-15(20)8-12/h2-11,20-21H,1H3. The fourth-order valence-corrected chi connectivity index (χ4v) is 3.15.